The van der Waals surface area contributed by atoms with E-state index in [4.69, 9.17) is 16.3 Å². The average Bonchev–Trinajstić information content (AvgIpc) is 2.39. The van der Waals surface area contributed by atoms with Gasteiger partial charge in [-0.2, -0.15) is 0 Å². The Kier molecular flexibility index (Phi) is 5.55. The van der Waals surface area contributed by atoms with E-state index in [1.807, 2.05) is 26.2 Å². The fourth-order valence-electron chi connectivity index (χ4n) is 2.84. The predicted octanol–water partition coefficient (Wildman–Crippen LogP) is 4.17. The van der Waals surface area contributed by atoms with Gasteiger partial charge in [0, 0.05) is 26.7 Å². The van der Waals surface area contributed by atoms with Gasteiger partial charge < -0.3 is 15.0 Å². The number of halogens is 1. The molecule has 0 aromatic heterocycles. The number of hydrogen-bond acceptors (Lipinski definition) is 3. The van der Waals surface area contributed by atoms with Gasteiger partial charge in [-0.3, -0.25) is 0 Å². The molecule has 0 saturated carbocycles. The largest absolute Gasteiger partial charge is 0.380 e. The summed E-state index contributed by atoms with van der Waals surface area (Å²) >= 11 is 6.31. The van der Waals surface area contributed by atoms with E-state index >= 15 is 0 Å². The molecule has 0 amide bonds. The number of nitrogens with one attached hydrogen (secondary N) is 1. The first kappa shape index (κ1) is 15.5. The number of para-hydroxylation sites is 1. The topological polar surface area (TPSA) is 24.5 Å². The molecule has 112 valence electrons. The SMILES string of the molecule is CCCC1CC(Nc2cccc(Cl)c2N(C)C)CCO1. The molecule has 1 aliphatic rings. The molecule has 4 heteroatoms. The van der Waals surface area contributed by atoms with Gasteiger partial charge in [0.05, 0.1) is 22.5 Å². The Balaban J connectivity index is 2.08. The first-order chi connectivity index (χ1) is 9.61. The normalized spacial score (nSPS) is 22.6. The number of rotatable bonds is 5. The van der Waals surface area contributed by atoms with Crippen LogP contribution in [0.25, 0.3) is 0 Å². The lowest BCUT2D eigenvalue weighted by Crippen LogP contribution is -2.34. The zero-order valence-corrected chi connectivity index (χ0v) is 13.4. The molecule has 1 aromatic rings. The highest BCUT2D eigenvalue weighted by Crippen LogP contribution is 2.34. The third-order valence-electron chi connectivity index (χ3n) is 3.77. The van der Waals surface area contributed by atoms with E-state index < -0.39 is 0 Å². The van der Waals surface area contributed by atoms with Gasteiger partial charge in [0.2, 0.25) is 0 Å². The summed E-state index contributed by atoms with van der Waals surface area (Å²) in [6, 6.07) is 6.51. The molecule has 1 saturated heterocycles. The van der Waals surface area contributed by atoms with Crippen LogP contribution in [-0.2, 0) is 4.74 Å². The summed E-state index contributed by atoms with van der Waals surface area (Å²) in [6.45, 7) is 3.06. The molecule has 1 N–H and O–H groups in total. The number of nitrogens with zero attached hydrogens (tertiary/aromatic N) is 1. The molecule has 1 heterocycles. The lowest BCUT2D eigenvalue weighted by atomic mass is 9.99. The Labute approximate surface area is 127 Å². The van der Waals surface area contributed by atoms with Gasteiger partial charge in [-0.15, -0.1) is 0 Å². The second kappa shape index (κ2) is 7.19. The lowest BCUT2D eigenvalue weighted by molar-refractivity contribution is 0.00598. The van der Waals surface area contributed by atoms with E-state index in [9.17, 15) is 0 Å². The maximum Gasteiger partial charge on any atom is 0.0786 e. The quantitative estimate of drug-likeness (QED) is 0.883. The summed E-state index contributed by atoms with van der Waals surface area (Å²) in [6.07, 6.45) is 4.85. The van der Waals surface area contributed by atoms with Crippen molar-refractivity contribution in [3.63, 3.8) is 0 Å². The van der Waals surface area contributed by atoms with Gasteiger partial charge in [-0.05, 0) is 31.4 Å². The van der Waals surface area contributed by atoms with Crippen LogP contribution >= 0.6 is 11.6 Å². The van der Waals surface area contributed by atoms with Crippen molar-refractivity contribution in [2.24, 2.45) is 0 Å². The predicted molar refractivity (Wildman–Crippen MR) is 87.1 cm³/mol. The standard InChI is InChI=1S/C16H25ClN2O/c1-4-6-13-11-12(9-10-20-13)18-15-8-5-7-14(17)16(15)19(2)3/h5,7-8,12-13,18H,4,6,9-11H2,1-3H3. The van der Waals surface area contributed by atoms with Gasteiger partial charge in [-0.1, -0.05) is 31.0 Å². The van der Waals surface area contributed by atoms with Gasteiger partial charge in [0.25, 0.3) is 0 Å². The Morgan fingerprint density at radius 2 is 2.20 bits per heavy atom. The van der Waals surface area contributed by atoms with Crippen LogP contribution in [0.3, 0.4) is 0 Å². The molecule has 0 spiro atoms. The molecule has 2 rings (SSSR count). The molecule has 2 unspecified atom stereocenters. The van der Waals surface area contributed by atoms with Crippen LogP contribution < -0.4 is 10.2 Å². The van der Waals surface area contributed by atoms with Crippen LogP contribution in [0.1, 0.15) is 32.6 Å². The molecule has 1 fully saturated rings. The van der Waals surface area contributed by atoms with Gasteiger partial charge in [0.1, 0.15) is 0 Å². The van der Waals surface area contributed by atoms with Crippen LogP contribution in [0, 0.1) is 0 Å². The number of hydrogen-bond donors (Lipinski definition) is 1. The zero-order valence-electron chi connectivity index (χ0n) is 12.7. The minimum absolute atomic E-state index is 0.397. The molecule has 0 aliphatic carbocycles. The van der Waals surface area contributed by atoms with Crippen molar-refractivity contribution in [2.45, 2.75) is 44.8 Å². The second-order valence-corrected chi connectivity index (χ2v) is 6.08. The van der Waals surface area contributed by atoms with Crippen molar-refractivity contribution in [1.29, 1.82) is 0 Å². The summed E-state index contributed by atoms with van der Waals surface area (Å²) in [5, 5.41) is 4.44. The van der Waals surface area contributed by atoms with Crippen LogP contribution in [0.15, 0.2) is 18.2 Å². The van der Waals surface area contributed by atoms with E-state index in [1.54, 1.807) is 0 Å². The van der Waals surface area contributed by atoms with E-state index in [0.29, 0.717) is 12.1 Å². The Morgan fingerprint density at radius 3 is 2.90 bits per heavy atom. The summed E-state index contributed by atoms with van der Waals surface area (Å²) in [4.78, 5) is 2.06. The molecule has 1 aliphatic heterocycles. The van der Waals surface area contributed by atoms with Gasteiger partial charge in [-0.25, -0.2) is 0 Å². The van der Waals surface area contributed by atoms with Crippen molar-refractivity contribution in [2.75, 3.05) is 30.9 Å². The first-order valence-corrected chi connectivity index (χ1v) is 7.83. The van der Waals surface area contributed by atoms with E-state index in [0.717, 1.165) is 42.3 Å². The highest BCUT2D eigenvalue weighted by atomic mass is 35.5. The van der Waals surface area contributed by atoms with E-state index in [2.05, 4.69) is 23.2 Å². The molecule has 2 atom stereocenters. The van der Waals surface area contributed by atoms with Crippen LogP contribution in [0.2, 0.25) is 5.02 Å². The molecule has 0 radical (unpaired) electrons. The maximum atomic E-state index is 6.31. The van der Waals surface area contributed by atoms with Crippen molar-refractivity contribution >= 4 is 23.0 Å². The lowest BCUT2D eigenvalue weighted by Gasteiger charge is -2.32. The fourth-order valence-corrected chi connectivity index (χ4v) is 3.18. The van der Waals surface area contributed by atoms with E-state index in [-0.39, 0.29) is 0 Å². The first-order valence-electron chi connectivity index (χ1n) is 7.45. The minimum atomic E-state index is 0.397. The minimum Gasteiger partial charge on any atom is -0.380 e. The second-order valence-electron chi connectivity index (χ2n) is 5.68. The van der Waals surface area contributed by atoms with E-state index in [1.165, 1.54) is 6.42 Å². The summed E-state index contributed by atoms with van der Waals surface area (Å²) < 4.78 is 5.81. The van der Waals surface area contributed by atoms with Crippen molar-refractivity contribution in [3.8, 4) is 0 Å². The van der Waals surface area contributed by atoms with Gasteiger partial charge >= 0.3 is 0 Å². The third-order valence-corrected chi connectivity index (χ3v) is 4.08. The highest BCUT2D eigenvalue weighted by Gasteiger charge is 2.23. The fraction of sp³-hybridized carbons (Fsp3) is 0.625. The molecule has 0 bridgehead atoms. The van der Waals surface area contributed by atoms with Crippen LogP contribution in [0.4, 0.5) is 11.4 Å². The Morgan fingerprint density at radius 1 is 1.40 bits per heavy atom. The number of ether oxygens (including phenoxy) is 1. The molecule has 1 aromatic carbocycles. The zero-order chi connectivity index (χ0) is 14.5. The third kappa shape index (κ3) is 3.80. The maximum absolute atomic E-state index is 6.31. The summed E-state index contributed by atoms with van der Waals surface area (Å²) in [5.74, 6) is 0. The summed E-state index contributed by atoms with van der Waals surface area (Å²) in [5.41, 5.74) is 2.18. The summed E-state index contributed by atoms with van der Waals surface area (Å²) in [7, 11) is 4.05. The highest BCUT2D eigenvalue weighted by molar-refractivity contribution is 6.34. The number of anilines is 2. The average molecular weight is 297 g/mol. The molecular weight excluding hydrogens is 272 g/mol. The van der Waals surface area contributed by atoms with Crippen LogP contribution in [-0.4, -0.2) is 32.8 Å². The molecule has 3 nitrogen and oxygen atoms in total. The van der Waals surface area contributed by atoms with Crippen molar-refractivity contribution < 1.29 is 4.74 Å². The smallest absolute Gasteiger partial charge is 0.0786 e. The monoisotopic (exact) mass is 296 g/mol. The Bertz CT molecular complexity index is 434. The van der Waals surface area contributed by atoms with Crippen molar-refractivity contribution in [1.82, 2.24) is 0 Å². The molecular formula is C16H25ClN2O. The van der Waals surface area contributed by atoms with Crippen LogP contribution in [0.5, 0.6) is 0 Å². The van der Waals surface area contributed by atoms with Crippen molar-refractivity contribution in [3.05, 3.63) is 23.2 Å². The number of benzene rings is 1. The molecule has 20 heavy (non-hydrogen) atoms. The van der Waals surface area contributed by atoms with Gasteiger partial charge in [0.15, 0.2) is 0 Å². The Hall–Kier alpha value is -0.930.